The minimum atomic E-state index is -0.371. The van der Waals surface area contributed by atoms with Gasteiger partial charge in [-0.3, -0.25) is 4.79 Å². The molecule has 5 nitrogen and oxygen atoms in total. The van der Waals surface area contributed by atoms with Gasteiger partial charge in [0.2, 0.25) is 5.82 Å². The summed E-state index contributed by atoms with van der Waals surface area (Å²) >= 11 is 9.50. The van der Waals surface area contributed by atoms with Gasteiger partial charge in [0.15, 0.2) is 5.82 Å². The zero-order chi connectivity index (χ0) is 22.1. The number of rotatable bonds is 4. The first-order valence-electron chi connectivity index (χ1n) is 9.70. The molecule has 1 heterocycles. The van der Waals surface area contributed by atoms with Gasteiger partial charge in [-0.25, -0.2) is 9.67 Å². The highest BCUT2D eigenvalue weighted by molar-refractivity contribution is 9.10. The zero-order valence-corrected chi connectivity index (χ0v) is 19.6. The maximum atomic E-state index is 13.0. The van der Waals surface area contributed by atoms with Crippen molar-refractivity contribution in [3.63, 3.8) is 0 Å². The molecule has 0 atom stereocenters. The summed E-state index contributed by atoms with van der Waals surface area (Å²) in [5, 5.41) is 8.12. The Labute approximate surface area is 194 Å². The Morgan fingerprint density at radius 3 is 2.45 bits per heavy atom. The minimum Gasteiger partial charge on any atom is -0.319 e. The molecule has 0 saturated carbocycles. The van der Waals surface area contributed by atoms with Gasteiger partial charge in [-0.2, -0.15) is 0 Å². The fraction of sp³-hybridized carbons (Fsp3) is 0.125. The summed E-state index contributed by atoms with van der Waals surface area (Å²) in [6.07, 6.45) is 0. The Hall–Kier alpha value is -2.96. The van der Waals surface area contributed by atoms with Gasteiger partial charge < -0.3 is 5.32 Å². The molecular formula is C24H20BrClN4O. The van der Waals surface area contributed by atoms with Crippen LogP contribution in [0.3, 0.4) is 0 Å². The number of halogens is 2. The number of aromatic nitrogens is 3. The molecule has 0 saturated heterocycles. The van der Waals surface area contributed by atoms with Gasteiger partial charge in [0.05, 0.1) is 5.69 Å². The number of benzene rings is 3. The molecule has 7 heteroatoms. The van der Waals surface area contributed by atoms with Crippen molar-refractivity contribution >= 4 is 39.1 Å². The third-order valence-electron chi connectivity index (χ3n) is 5.15. The van der Waals surface area contributed by atoms with Gasteiger partial charge in [-0.1, -0.05) is 39.7 Å². The van der Waals surface area contributed by atoms with Gasteiger partial charge in [0, 0.05) is 20.7 Å². The van der Waals surface area contributed by atoms with Gasteiger partial charge in [0.1, 0.15) is 0 Å². The number of carbonyl (C=O) groups excluding carboxylic acids is 1. The van der Waals surface area contributed by atoms with E-state index in [1.807, 2.05) is 69.3 Å². The zero-order valence-electron chi connectivity index (χ0n) is 17.3. The van der Waals surface area contributed by atoms with Crippen molar-refractivity contribution in [2.75, 3.05) is 5.32 Å². The molecule has 4 aromatic rings. The monoisotopic (exact) mass is 494 g/mol. The lowest BCUT2D eigenvalue weighted by Crippen LogP contribution is -2.15. The molecule has 0 aliphatic heterocycles. The van der Waals surface area contributed by atoms with Crippen LogP contribution in [0.5, 0.6) is 0 Å². The summed E-state index contributed by atoms with van der Waals surface area (Å²) in [5.74, 6) is 0.293. The summed E-state index contributed by atoms with van der Waals surface area (Å²) in [5.41, 5.74) is 5.54. The summed E-state index contributed by atoms with van der Waals surface area (Å²) in [6, 6.07) is 19.0. The van der Waals surface area contributed by atoms with E-state index in [4.69, 9.17) is 11.6 Å². The van der Waals surface area contributed by atoms with E-state index in [0.717, 1.165) is 32.4 Å². The Morgan fingerprint density at radius 1 is 1.00 bits per heavy atom. The summed E-state index contributed by atoms with van der Waals surface area (Å²) in [4.78, 5) is 17.6. The largest absolute Gasteiger partial charge is 0.319 e. The normalized spacial score (nSPS) is 10.9. The standard InChI is InChI=1S/C24H20BrClN4O/c1-14-5-4-6-21(16(14)3)30-23(17-7-10-19(26)11-8-17)28-22(29-30)24(31)27-20-12-9-18(25)13-15(20)2/h4-13H,1-3H3,(H,27,31). The molecule has 1 N–H and O–H groups in total. The Balaban J connectivity index is 1.80. The average molecular weight is 496 g/mol. The predicted molar refractivity (Wildman–Crippen MR) is 128 cm³/mol. The van der Waals surface area contributed by atoms with Crippen molar-refractivity contribution in [3.8, 4) is 17.1 Å². The smallest absolute Gasteiger partial charge is 0.295 e. The first-order valence-corrected chi connectivity index (χ1v) is 10.9. The van der Waals surface area contributed by atoms with Crippen molar-refractivity contribution in [1.29, 1.82) is 0 Å². The summed E-state index contributed by atoms with van der Waals surface area (Å²) in [7, 11) is 0. The summed E-state index contributed by atoms with van der Waals surface area (Å²) < 4.78 is 2.67. The van der Waals surface area contributed by atoms with E-state index < -0.39 is 0 Å². The molecule has 0 radical (unpaired) electrons. The van der Waals surface area contributed by atoms with Gasteiger partial charge in [-0.15, -0.1) is 5.10 Å². The number of nitrogens with zero attached hydrogens (tertiary/aromatic N) is 3. The van der Waals surface area contributed by atoms with Crippen LogP contribution in [0.15, 0.2) is 65.1 Å². The Morgan fingerprint density at radius 2 is 1.74 bits per heavy atom. The topological polar surface area (TPSA) is 59.8 Å². The molecule has 3 aromatic carbocycles. The fourth-order valence-electron chi connectivity index (χ4n) is 3.27. The van der Waals surface area contributed by atoms with Gasteiger partial charge in [-0.05, 0) is 86.0 Å². The number of nitrogens with one attached hydrogen (secondary N) is 1. The second-order valence-electron chi connectivity index (χ2n) is 7.31. The molecular weight excluding hydrogens is 476 g/mol. The molecule has 0 spiro atoms. The first-order chi connectivity index (χ1) is 14.8. The number of aryl methyl sites for hydroxylation is 2. The molecule has 0 aliphatic rings. The number of hydrogen-bond acceptors (Lipinski definition) is 3. The Bertz CT molecular complexity index is 1280. The number of anilines is 1. The minimum absolute atomic E-state index is 0.0909. The molecule has 0 unspecified atom stereocenters. The van der Waals surface area contributed by atoms with E-state index in [-0.39, 0.29) is 11.7 Å². The van der Waals surface area contributed by atoms with E-state index in [1.165, 1.54) is 0 Å². The number of hydrogen-bond donors (Lipinski definition) is 1. The second kappa shape index (κ2) is 8.65. The van der Waals surface area contributed by atoms with Crippen molar-refractivity contribution in [1.82, 2.24) is 14.8 Å². The van der Waals surface area contributed by atoms with Crippen LogP contribution in [0.1, 0.15) is 27.3 Å². The van der Waals surface area contributed by atoms with E-state index in [2.05, 4.69) is 31.3 Å². The van der Waals surface area contributed by atoms with Crippen molar-refractivity contribution in [2.45, 2.75) is 20.8 Å². The lowest BCUT2D eigenvalue weighted by molar-refractivity contribution is 0.101. The molecule has 31 heavy (non-hydrogen) atoms. The molecule has 0 fully saturated rings. The second-order valence-corrected chi connectivity index (χ2v) is 8.66. The quantitative estimate of drug-likeness (QED) is 0.350. The van der Waals surface area contributed by atoms with E-state index >= 15 is 0 Å². The third kappa shape index (κ3) is 4.40. The number of amides is 1. The van der Waals surface area contributed by atoms with Crippen molar-refractivity contribution in [2.24, 2.45) is 0 Å². The van der Waals surface area contributed by atoms with E-state index in [9.17, 15) is 4.79 Å². The Kier molecular flexibility index (Phi) is 5.94. The maximum Gasteiger partial charge on any atom is 0.295 e. The summed E-state index contributed by atoms with van der Waals surface area (Å²) in [6.45, 7) is 6.01. The molecule has 0 bridgehead atoms. The van der Waals surface area contributed by atoms with Crippen molar-refractivity contribution in [3.05, 3.63) is 92.7 Å². The molecule has 4 rings (SSSR count). The molecule has 1 aromatic heterocycles. The van der Waals surface area contributed by atoms with E-state index in [0.29, 0.717) is 16.5 Å². The van der Waals surface area contributed by atoms with Crippen LogP contribution in [0, 0.1) is 20.8 Å². The average Bonchev–Trinajstić information content (AvgIpc) is 3.18. The maximum absolute atomic E-state index is 13.0. The fourth-order valence-corrected chi connectivity index (χ4v) is 3.87. The van der Waals surface area contributed by atoms with Crippen LogP contribution in [0.2, 0.25) is 5.02 Å². The number of carbonyl (C=O) groups is 1. The van der Waals surface area contributed by atoms with Crippen LogP contribution >= 0.6 is 27.5 Å². The van der Waals surface area contributed by atoms with Crippen LogP contribution in [-0.2, 0) is 0 Å². The van der Waals surface area contributed by atoms with Crippen molar-refractivity contribution < 1.29 is 4.79 Å². The molecule has 0 aliphatic carbocycles. The highest BCUT2D eigenvalue weighted by Gasteiger charge is 2.20. The predicted octanol–water partition coefficient (Wildman–Crippen LogP) is 6.53. The van der Waals surface area contributed by atoms with Gasteiger partial charge in [0.25, 0.3) is 5.91 Å². The molecule has 156 valence electrons. The van der Waals surface area contributed by atoms with Crippen LogP contribution in [0.25, 0.3) is 17.1 Å². The van der Waals surface area contributed by atoms with Gasteiger partial charge >= 0.3 is 0 Å². The lowest BCUT2D eigenvalue weighted by atomic mass is 10.1. The highest BCUT2D eigenvalue weighted by atomic mass is 79.9. The lowest BCUT2D eigenvalue weighted by Gasteiger charge is -2.11. The SMILES string of the molecule is Cc1cc(Br)ccc1NC(=O)c1nc(-c2ccc(Cl)cc2)n(-c2cccc(C)c2C)n1. The molecule has 1 amide bonds. The third-order valence-corrected chi connectivity index (χ3v) is 5.90. The first kappa shape index (κ1) is 21.3. The van der Waals surface area contributed by atoms with Crippen LogP contribution in [-0.4, -0.2) is 20.7 Å². The van der Waals surface area contributed by atoms with E-state index in [1.54, 1.807) is 16.8 Å². The highest BCUT2D eigenvalue weighted by Crippen LogP contribution is 2.26. The van der Waals surface area contributed by atoms with Crippen LogP contribution < -0.4 is 5.32 Å². The van der Waals surface area contributed by atoms with Crippen LogP contribution in [0.4, 0.5) is 5.69 Å².